The van der Waals surface area contributed by atoms with Gasteiger partial charge in [-0.25, -0.2) is 4.79 Å². The van der Waals surface area contributed by atoms with Gasteiger partial charge in [-0.15, -0.1) is 0 Å². The van der Waals surface area contributed by atoms with Crippen molar-refractivity contribution >= 4 is 6.09 Å². The van der Waals surface area contributed by atoms with Crippen molar-refractivity contribution in [3.63, 3.8) is 0 Å². The van der Waals surface area contributed by atoms with Gasteiger partial charge in [-0.1, -0.05) is 12.2 Å². The standard InChI is InChI=1S/C14H26N2O2/c1-11(12-7-8-12)15-9-5-6-10-16-13(17)18-14(2,3)4/h5-6,11-12,15H,7-10H2,1-4H3,(H,16,17)/b6-5+. The van der Waals surface area contributed by atoms with Gasteiger partial charge >= 0.3 is 6.09 Å². The third kappa shape index (κ3) is 7.33. The zero-order valence-electron chi connectivity index (χ0n) is 12.0. The Morgan fingerprint density at radius 2 is 1.94 bits per heavy atom. The third-order valence-corrected chi connectivity index (χ3v) is 2.82. The smallest absolute Gasteiger partial charge is 0.407 e. The van der Waals surface area contributed by atoms with Crippen molar-refractivity contribution in [3.05, 3.63) is 12.2 Å². The van der Waals surface area contributed by atoms with Crippen molar-refractivity contribution in [1.82, 2.24) is 10.6 Å². The number of ether oxygens (including phenoxy) is 1. The average Bonchev–Trinajstić information content (AvgIpc) is 3.03. The zero-order valence-corrected chi connectivity index (χ0v) is 12.0. The molecular formula is C14H26N2O2. The molecule has 0 heterocycles. The highest BCUT2D eigenvalue weighted by Crippen LogP contribution is 2.32. The van der Waals surface area contributed by atoms with Crippen molar-refractivity contribution < 1.29 is 9.53 Å². The van der Waals surface area contributed by atoms with Crippen LogP contribution in [-0.4, -0.2) is 30.8 Å². The van der Waals surface area contributed by atoms with E-state index in [9.17, 15) is 4.79 Å². The molecule has 1 amide bonds. The second-order valence-corrected chi connectivity index (χ2v) is 5.89. The molecule has 0 bridgehead atoms. The molecule has 1 aliphatic carbocycles. The molecule has 1 aliphatic rings. The lowest BCUT2D eigenvalue weighted by molar-refractivity contribution is 0.0534. The number of carbonyl (C=O) groups excluding carboxylic acids is 1. The number of rotatable bonds is 6. The number of carbonyl (C=O) groups is 1. The van der Waals surface area contributed by atoms with Crippen LogP contribution in [0.3, 0.4) is 0 Å². The fourth-order valence-electron chi connectivity index (χ4n) is 1.64. The summed E-state index contributed by atoms with van der Waals surface area (Å²) >= 11 is 0. The molecule has 0 radical (unpaired) electrons. The largest absolute Gasteiger partial charge is 0.444 e. The predicted octanol–water partition coefficient (Wildman–Crippen LogP) is 2.46. The first-order valence-corrected chi connectivity index (χ1v) is 6.74. The van der Waals surface area contributed by atoms with Crippen molar-refractivity contribution in [1.29, 1.82) is 0 Å². The van der Waals surface area contributed by atoms with E-state index in [0.29, 0.717) is 12.6 Å². The summed E-state index contributed by atoms with van der Waals surface area (Å²) in [5.74, 6) is 0.873. The highest BCUT2D eigenvalue weighted by atomic mass is 16.6. The van der Waals surface area contributed by atoms with Crippen molar-refractivity contribution in [3.8, 4) is 0 Å². The van der Waals surface area contributed by atoms with Crippen LogP contribution in [0.25, 0.3) is 0 Å². The molecule has 104 valence electrons. The van der Waals surface area contributed by atoms with Gasteiger partial charge < -0.3 is 15.4 Å². The average molecular weight is 254 g/mol. The Kier molecular flexibility index (Phi) is 5.66. The maximum absolute atomic E-state index is 11.3. The number of alkyl carbamates (subject to hydrolysis) is 1. The van der Waals surface area contributed by atoms with Gasteiger partial charge in [-0.05, 0) is 46.5 Å². The van der Waals surface area contributed by atoms with Gasteiger partial charge in [-0.2, -0.15) is 0 Å². The Bertz CT molecular complexity index is 291. The van der Waals surface area contributed by atoms with Gasteiger partial charge in [0.05, 0.1) is 0 Å². The molecule has 1 rings (SSSR count). The topological polar surface area (TPSA) is 50.4 Å². The summed E-state index contributed by atoms with van der Waals surface area (Å²) in [6.07, 6.45) is 6.33. The number of hydrogen-bond acceptors (Lipinski definition) is 3. The fourth-order valence-corrected chi connectivity index (χ4v) is 1.64. The van der Waals surface area contributed by atoms with E-state index in [1.54, 1.807) is 0 Å². The Hall–Kier alpha value is -1.03. The second-order valence-electron chi connectivity index (χ2n) is 5.89. The fraction of sp³-hybridized carbons (Fsp3) is 0.786. The quantitative estimate of drug-likeness (QED) is 0.716. The van der Waals surface area contributed by atoms with Crippen molar-refractivity contribution in [2.75, 3.05) is 13.1 Å². The van der Waals surface area contributed by atoms with E-state index in [0.717, 1.165) is 12.5 Å². The summed E-state index contributed by atoms with van der Waals surface area (Å²) in [5.41, 5.74) is -0.435. The molecule has 4 nitrogen and oxygen atoms in total. The molecular weight excluding hydrogens is 228 g/mol. The summed E-state index contributed by atoms with van der Waals surface area (Å²) in [6, 6.07) is 0.605. The molecule has 2 N–H and O–H groups in total. The minimum atomic E-state index is -0.435. The molecule has 18 heavy (non-hydrogen) atoms. The van der Waals surface area contributed by atoms with E-state index in [4.69, 9.17) is 4.74 Å². The van der Waals surface area contributed by atoms with E-state index >= 15 is 0 Å². The molecule has 1 fully saturated rings. The first-order valence-electron chi connectivity index (χ1n) is 6.74. The molecule has 1 saturated carbocycles. The number of nitrogens with one attached hydrogen (secondary N) is 2. The van der Waals surface area contributed by atoms with Crippen LogP contribution in [0.2, 0.25) is 0 Å². The highest BCUT2D eigenvalue weighted by Gasteiger charge is 2.26. The van der Waals surface area contributed by atoms with Crippen LogP contribution in [-0.2, 0) is 4.74 Å². The van der Waals surface area contributed by atoms with Crippen LogP contribution in [0, 0.1) is 5.92 Å². The monoisotopic (exact) mass is 254 g/mol. The van der Waals surface area contributed by atoms with Crippen LogP contribution in [0.4, 0.5) is 4.79 Å². The summed E-state index contributed by atoms with van der Waals surface area (Å²) in [6.45, 7) is 9.15. The molecule has 0 aromatic heterocycles. The van der Waals surface area contributed by atoms with Crippen LogP contribution >= 0.6 is 0 Å². The van der Waals surface area contributed by atoms with Crippen LogP contribution in [0.15, 0.2) is 12.2 Å². The Morgan fingerprint density at radius 3 is 2.50 bits per heavy atom. The van der Waals surface area contributed by atoms with Crippen LogP contribution in [0.1, 0.15) is 40.5 Å². The predicted molar refractivity (Wildman–Crippen MR) is 73.6 cm³/mol. The minimum Gasteiger partial charge on any atom is -0.444 e. The van der Waals surface area contributed by atoms with Crippen LogP contribution in [0.5, 0.6) is 0 Å². The summed E-state index contributed by atoms with van der Waals surface area (Å²) in [5, 5.41) is 6.13. The molecule has 1 atom stereocenters. The van der Waals surface area contributed by atoms with E-state index in [2.05, 4.69) is 17.6 Å². The van der Waals surface area contributed by atoms with Gasteiger partial charge in [0, 0.05) is 19.1 Å². The van der Waals surface area contributed by atoms with E-state index in [1.807, 2.05) is 32.9 Å². The molecule has 0 spiro atoms. The molecule has 0 saturated heterocycles. The zero-order chi connectivity index (χ0) is 13.6. The number of hydrogen-bond donors (Lipinski definition) is 2. The van der Waals surface area contributed by atoms with Crippen molar-refractivity contribution in [2.45, 2.75) is 52.2 Å². The summed E-state index contributed by atoms with van der Waals surface area (Å²) < 4.78 is 5.12. The van der Waals surface area contributed by atoms with E-state index in [1.165, 1.54) is 12.8 Å². The molecule has 1 unspecified atom stereocenters. The summed E-state index contributed by atoms with van der Waals surface area (Å²) in [4.78, 5) is 11.3. The normalized spacial score (nSPS) is 17.8. The molecule has 4 heteroatoms. The Balaban J connectivity index is 2.00. The number of amides is 1. The maximum Gasteiger partial charge on any atom is 0.407 e. The van der Waals surface area contributed by atoms with Gasteiger partial charge in [0.2, 0.25) is 0 Å². The van der Waals surface area contributed by atoms with Crippen LogP contribution < -0.4 is 10.6 Å². The van der Waals surface area contributed by atoms with Gasteiger partial charge in [0.1, 0.15) is 5.60 Å². The highest BCUT2D eigenvalue weighted by molar-refractivity contribution is 5.67. The van der Waals surface area contributed by atoms with E-state index < -0.39 is 5.60 Å². The lowest BCUT2D eigenvalue weighted by atomic mass is 10.2. The Labute approximate surface area is 110 Å². The minimum absolute atomic E-state index is 0.369. The van der Waals surface area contributed by atoms with E-state index in [-0.39, 0.29) is 6.09 Å². The first-order chi connectivity index (χ1) is 8.38. The molecule has 0 aromatic rings. The molecule has 0 aromatic carbocycles. The maximum atomic E-state index is 11.3. The molecule has 0 aliphatic heterocycles. The second kappa shape index (κ2) is 6.78. The lowest BCUT2D eigenvalue weighted by Crippen LogP contribution is -2.32. The van der Waals surface area contributed by atoms with Gasteiger partial charge in [0.25, 0.3) is 0 Å². The lowest BCUT2D eigenvalue weighted by Gasteiger charge is -2.19. The SMILES string of the molecule is CC(NC/C=C/CNC(=O)OC(C)(C)C)C1CC1. The third-order valence-electron chi connectivity index (χ3n) is 2.82. The van der Waals surface area contributed by atoms with Gasteiger partial charge in [-0.3, -0.25) is 0 Å². The summed E-state index contributed by atoms with van der Waals surface area (Å²) in [7, 11) is 0. The van der Waals surface area contributed by atoms with Gasteiger partial charge in [0.15, 0.2) is 0 Å². The Morgan fingerprint density at radius 1 is 1.33 bits per heavy atom. The van der Waals surface area contributed by atoms with Crippen molar-refractivity contribution in [2.24, 2.45) is 5.92 Å². The first kappa shape index (κ1) is 15.0.